The summed E-state index contributed by atoms with van der Waals surface area (Å²) in [5.74, 6) is 1.04. The maximum absolute atomic E-state index is 6.14. The van der Waals surface area contributed by atoms with Gasteiger partial charge in [-0.05, 0) is 30.3 Å². The Morgan fingerprint density at radius 2 is 1.77 bits per heavy atom. The van der Waals surface area contributed by atoms with E-state index in [-0.39, 0.29) is 11.6 Å². The van der Waals surface area contributed by atoms with Crippen molar-refractivity contribution in [2.24, 2.45) is 5.73 Å². The molecule has 0 saturated heterocycles. The lowest BCUT2D eigenvalue weighted by molar-refractivity contribution is 0.284. The Balaban J connectivity index is 2.25. The minimum Gasteiger partial charge on any atom is -0.493 e. The number of methoxy groups -OCH3 is 1. The summed E-state index contributed by atoms with van der Waals surface area (Å²) >= 11 is 23.2. The van der Waals surface area contributed by atoms with Crippen LogP contribution in [0, 0.1) is 0 Å². The van der Waals surface area contributed by atoms with E-state index < -0.39 is 0 Å². The number of halogens is 3. The fraction of sp³-hybridized carbons (Fsp3) is 0.133. The van der Waals surface area contributed by atoms with Gasteiger partial charge in [-0.2, -0.15) is 0 Å². The summed E-state index contributed by atoms with van der Waals surface area (Å²) < 4.78 is 11.0. The van der Waals surface area contributed by atoms with Crippen molar-refractivity contribution in [1.82, 2.24) is 0 Å². The zero-order valence-corrected chi connectivity index (χ0v) is 14.6. The van der Waals surface area contributed by atoms with Gasteiger partial charge in [0.15, 0.2) is 11.5 Å². The van der Waals surface area contributed by atoms with Gasteiger partial charge in [-0.3, -0.25) is 0 Å². The molecule has 7 heteroatoms. The zero-order valence-electron chi connectivity index (χ0n) is 11.5. The maximum atomic E-state index is 6.14. The van der Waals surface area contributed by atoms with Crippen LogP contribution in [0.25, 0.3) is 0 Å². The van der Waals surface area contributed by atoms with E-state index in [1.165, 1.54) is 7.11 Å². The fourth-order valence-electron chi connectivity index (χ4n) is 1.79. The number of nitrogens with two attached hydrogens (primary N) is 1. The molecule has 0 aliphatic rings. The first kappa shape index (κ1) is 17.2. The highest BCUT2D eigenvalue weighted by molar-refractivity contribution is 7.80. The summed E-state index contributed by atoms with van der Waals surface area (Å²) in [5, 5.41) is 1.27. The Morgan fingerprint density at radius 1 is 1.09 bits per heavy atom. The molecule has 2 aromatic rings. The van der Waals surface area contributed by atoms with Crippen LogP contribution in [0.5, 0.6) is 11.5 Å². The van der Waals surface area contributed by atoms with Crippen molar-refractivity contribution in [1.29, 1.82) is 0 Å². The standard InChI is InChI=1S/C15H12Cl3NO2S/c1-20-13-6-8(15(19)22)2-5-12(13)21-7-9-10(16)3-4-11(17)14(9)18/h2-6H,7H2,1H3,(H2,19,22). The first-order chi connectivity index (χ1) is 10.4. The van der Waals surface area contributed by atoms with Crippen LogP contribution >= 0.6 is 47.0 Å². The second kappa shape index (κ2) is 7.38. The highest BCUT2D eigenvalue weighted by atomic mass is 35.5. The second-order valence-corrected chi connectivity index (χ2v) is 5.97. The number of hydrogen-bond donors (Lipinski definition) is 1. The minimum absolute atomic E-state index is 0.154. The van der Waals surface area contributed by atoms with Crippen LogP contribution < -0.4 is 15.2 Å². The molecule has 2 rings (SSSR count). The third kappa shape index (κ3) is 3.76. The van der Waals surface area contributed by atoms with E-state index in [0.29, 0.717) is 37.7 Å². The summed E-state index contributed by atoms with van der Waals surface area (Å²) in [7, 11) is 1.53. The average Bonchev–Trinajstić information content (AvgIpc) is 2.51. The van der Waals surface area contributed by atoms with E-state index in [4.69, 9.17) is 62.2 Å². The van der Waals surface area contributed by atoms with Gasteiger partial charge in [0, 0.05) is 16.1 Å². The lowest BCUT2D eigenvalue weighted by Crippen LogP contribution is -2.09. The van der Waals surface area contributed by atoms with Crippen molar-refractivity contribution >= 4 is 52.0 Å². The van der Waals surface area contributed by atoms with Crippen LogP contribution in [0.3, 0.4) is 0 Å². The molecule has 0 unspecified atom stereocenters. The van der Waals surface area contributed by atoms with Gasteiger partial charge >= 0.3 is 0 Å². The third-order valence-corrected chi connectivity index (χ3v) is 4.39. The molecule has 0 amide bonds. The van der Waals surface area contributed by atoms with Crippen molar-refractivity contribution in [3.8, 4) is 11.5 Å². The Hall–Kier alpha value is -1.20. The van der Waals surface area contributed by atoms with Crippen LogP contribution in [-0.2, 0) is 6.61 Å². The molecule has 0 fully saturated rings. The topological polar surface area (TPSA) is 44.5 Å². The van der Waals surface area contributed by atoms with E-state index in [9.17, 15) is 0 Å². The van der Waals surface area contributed by atoms with Crippen molar-refractivity contribution < 1.29 is 9.47 Å². The van der Waals surface area contributed by atoms with Gasteiger partial charge in [-0.15, -0.1) is 0 Å². The minimum atomic E-state index is 0.154. The molecular weight excluding hydrogens is 365 g/mol. The first-order valence-electron chi connectivity index (χ1n) is 6.17. The third-order valence-electron chi connectivity index (χ3n) is 2.96. The molecule has 2 N–H and O–H groups in total. The Morgan fingerprint density at radius 3 is 2.41 bits per heavy atom. The molecule has 0 aromatic heterocycles. The number of benzene rings is 2. The molecule has 2 aromatic carbocycles. The lowest BCUT2D eigenvalue weighted by atomic mass is 10.2. The van der Waals surface area contributed by atoms with Gasteiger partial charge in [0.05, 0.1) is 17.2 Å². The van der Waals surface area contributed by atoms with E-state index in [1.54, 1.807) is 30.3 Å². The van der Waals surface area contributed by atoms with E-state index in [1.807, 2.05) is 0 Å². The highest BCUT2D eigenvalue weighted by Crippen LogP contribution is 2.34. The molecule has 22 heavy (non-hydrogen) atoms. The molecule has 116 valence electrons. The summed E-state index contributed by atoms with van der Waals surface area (Å²) in [6, 6.07) is 8.48. The molecule has 0 heterocycles. The van der Waals surface area contributed by atoms with Gasteiger partial charge in [-0.1, -0.05) is 47.0 Å². The number of thiocarbonyl (C=S) groups is 1. The summed E-state index contributed by atoms with van der Waals surface area (Å²) in [6.07, 6.45) is 0. The number of hydrogen-bond acceptors (Lipinski definition) is 3. The molecule has 0 atom stereocenters. The maximum Gasteiger partial charge on any atom is 0.161 e. The Labute approximate surface area is 148 Å². The molecular formula is C15H12Cl3NO2S. The van der Waals surface area contributed by atoms with E-state index in [0.717, 1.165) is 0 Å². The molecule has 0 aliphatic carbocycles. The van der Waals surface area contributed by atoms with Crippen molar-refractivity contribution in [3.05, 3.63) is 56.5 Å². The van der Waals surface area contributed by atoms with Crippen molar-refractivity contribution in [2.75, 3.05) is 7.11 Å². The SMILES string of the molecule is COc1cc(C(N)=S)ccc1OCc1c(Cl)ccc(Cl)c1Cl. The van der Waals surface area contributed by atoms with Gasteiger partial charge in [0.2, 0.25) is 0 Å². The smallest absolute Gasteiger partial charge is 0.161 e. The predicted molar refractivity (Wildman–Crippen MR) is 94.7 cm³/mol. The first-order valence-corrected chi connectivity index (χ1v) is 7.71. The van der Waals surface area contributed by atoms with Crippen molar-refractivity contribution in [2.45, 2.75) is 6.61 Å². The summed E-state index contributed by atoms with van der Waals surface area (Å²) in [5.41, 5.74) is 6.89. The molecule has 3 nitrogen and oxygen atoms in total. The van der Waals surface area contributed by atoms with Gasteiger partial charge in [0.1, 0.15) is 11.6 Å². The number of ether oxygens (including phenoxy) is 2. The van der Waals surface area contributed by atoms with Gasteiger partial charge in [0.25, 0.3) is 0 Å². The fourth-order valence-corrected chi connectivity index (χ4v) is 2.58. The van der Waals surface area contributed by atoms with E-state index in [2.05, 4.69) is 0 Å². The summed E-state index contributed by atoms with van der Waals surface area (Å²) in [4.78, 5) is 0.283. The van der Waals surface area contributed by atoms with Crippen molar-refractivity contribution in [3.63, 3.8) is 0 Å². The van der Waals surface area contributed by atoms with Crippen LogP contribution in [0.1, 0.15) is 11.1 Å². The van der Waals surface area contributed by atoms with E-state index >= 15 is 0 Å². The predicted octanol–water partition coefficient (Wildman–Crippen LogP) is 4.87. The zero-order chi connectivity index (χ0) is 16.3. The number of rotatable bonds is 5. The Kier molecular flexibility index (Phi) is 5.75. The quantitative estimate of drug-likeness (QED) is 0.597. The van der Waals surface area contributed by atoms with Crippen LogP contribution in [0.2, 0.25) is 15.1 Å². The highest BCUT2D eigenvalue weighted by Gasteiger charge is 2.13. The molecule has 0 aliphatic heterocycles. The van der Waals surface area contributed by atoms with Gasteiger partial charge < -0.3 is 15.2 Å². The largest absolute Gasteiger partial charge is 0.493 e. The normalized spacial score (nSPS) is 10.4. The second-order valence-electron chi connectivity index (χ2n) is 4.34. The van der Waals surface area contributed by atoms with Gasteiger partial charge in [-0.25, -0.2) is 0 Å². The molecule has 0 radical (unpaired) electrons. The van der Waals surface area contributed by atoms with Crippen LogP contribution in [0.15, 0.2) is 30.3 Å². The summed E-state index contributed by atoms with van der Waals surface area (Å²) in [6.45, 7) is 0.154. The Bertz CT molecular complexity index is 722. The molecule has 0 bridgehead atoms. The van der Waals surface area contributed by atoms with Crippen LogP contribution in [0.4, 0.5) is 0 Å². The molecule has 0 spiro atoms. The average molecular weight is 377 g/mol. The molecule has 0 saturated carbocycles. The van der Waals surface area contributed by atoms with Crippen LogP contribution in [-0.4, -0.2) is 12.1 Å². The lowest BCUT2D eigenvalue weighted by Gasteiger charge is -2.14. The monoisotopic (exact) mass is 375 g/mol.